The molecule has 0 aliphatic heterocycles. The molecule has 0 spiro atoms. The number of rotatable bonds is 6. The summed E-state index contributed by atoms with van der Waals surface area (Å²) >= 11 is 0. The zero-order valence-electron chi connectivity index (χ0n) is 10.3. The van der Waals surface area contributed by atoms with Crippen molar-refractivity contribution in [3.63, 3.8) is 0 Å². The van der Waals surface area contributed by atoms with E-state index in [4.69, 9.17) is 0 Å². The molecule has 0 saturated heterocycles. The van der Waals surface area contributed by atoms with Crippen LogP contribution in [-0.4, -0.2) is 5.78 Å². The molecular formula is C16H20O. The summed E-state index contributed by atoms with van der Waals surface area (Å²) in [4.78, 5) is 10.5. The molecule has 0 heterocycles. The first kappa shape index (κ1) is 15.1. The van der Waals surface area contributed by atoms with Crippen LogP contribution in [0.4, 0.5) is 0 Å². The first-order valence-corrected chi connectivity index (χ1v) is 5.62. The number of Topliss-reactive ketones (excluding diaryl/α,β-unsaturated/α-hetero) is 1. The third kappa shape index (κ3) is 9.06. The van der Waals surface area contributed by atoms with Gasteiger partial charge in [0.2, 0.25) is 0 Å². The van der Waals surface area contributed by atoms with Gasteiger partial charge in [0, 0.05) is 12.8 Å². The fraction of sp³-hybridized carbons (Fsp3) is 0.188. The molecular weight excluding hydrogens is 208 g/mol. The minimum atomic E-state index is 0.176. The molecule has 1 nitrogen and oxygen atoms in total. The summed E-state index contributed by atoms with van der Waals surface area (Å²) in [6.45, 7) is 10.5. The van der Waals surface area contributed by atoms with Crippen LogP contribution in [0.25, 0.3) is 0 Å². The Hall–Kier alpha value is -1.89. The van der Waals surface area contributed by atoms with Gasteiger partial charge in [-0.2, -0.15) is 0 Å². The molecule has 0 bridgehead atoms. The molecule has 1 aromatic rings. The summed E-state index contributed by atoms with van der Waals surface area (Å²) in [5.41, 5.74) is 1.33. The van der Waals surface area contributed by atoms with Crippen LogP contribution in [0.5, 0.6) is 0 Å². The van der Waals surface area contributed by atoms with Gasteiger partial charge in [-0.05, 0) is 12.0 Å². The summed E-state index contributed by atoms with van der Waals surface area (Å²) in [7, 11) is 0. The van der Waals surface area contributed by atoms with E-state index in [1.54, 1.807) is 12.2 Å². The molecule has 0 aliphatic rings. The number of ketones is 1. The molecule has 0 radical (unpaired) electrons. The molecule has 1 rings (SSSR count). The van der Waals surface area contributed by atoms with Crippen molar-refractivity contribution in [2.45, 2.75) is 19.3 Å². The van der Waals surface area contributed by atoms with Crippen molar-refractivity contribution in [1.29, 1.82) is 0 Å². The van der Waals surface area contributed by atoms with E-state index in [1.807, 2.05) is 24.3 Å². The van der Waals surface area contributed by atoms with Gasteiger partial charge in [-0.25, -0.2) is 0 Å². The second kappa shape index (κ2) is 10.6. The van der Waals surface area contributed by atoms with E-state index in [2.05, 4.69) is 31.9 Å². The summed E-state index contributed by atoms with van der Waals surface area (Å²) < 4.78 is 0. The Morgan fingerprint density at radius 1 is 0.941 bits per heavy atom. The van der Waals surface area contributed by atoms with Crippen LogP contribution in [-0.2, 0) is 11.2 Å². The third-order valence-corrected chi connectivity index (χ3v) is 1.97. The fourth-order valence-electron chi connectivity index (χ4n) is 1.19. The Morgan fingerprint density at radius 3 is 1.88 bits per heavy atom. The summed E-state index contributed by atoms with van der Waals surface area (Å²) in [6.07, 6.45) is 7.02. The van der Waals surface area contributed by atoms with Gasteiger partial charge in [0.1, 0.15) is 5.78 Å². The number of hydrogen-bond donors (Lipinski definition) is 0. The van der Waals surface area contributed by atoms with Crippen molar-refractivity contribution in [3.8, 4) is 0 Å². The number of hydrogen-bond acceptors (Lipinski definition) is 1. The molecule has 0 aromatic heterocycles. The topological polar surface area (TPSA) is 17.1 Å². The Balaban J connectivity index is 0.000000304. The highest BCUT2D eigenvalue weighted by molar-refractivity contribution is 5.80. The number of carbonyl (C=O) groups excluding carboxylic acids is 1. The van der Waals surface area contributed by atoms with Crippen LogP contribution in [0.3, 0.4) is 0 Å². The maximum absolute atomic E-state index is 10.5. The molecule has 0 aliphatic carbocycles. The van der Waals surface area contributed by atoms with Gasteiger partial charge in [0.15, 0.2) is 0 Å². The Bertz CT molecular complexity index is 337. The Morgan fingerprint density at radius 2 is 1.47 bits per heavy atom. The van der Waals surface area contributed by atoms with E-state index < -0.39 is 0 Å². The third-order valence-electron chi connectivity index (χ3n) is 1.97. The highest BCUT2D eigenvalue weighted by Crippen LogP contribution is 1.98. The standard InChI is InChI=1S/C9H10.C7H10O/c1-2-6-9-7-4-3-5-8-9;1-3-5-7(8)6-4-2/h2-5,7-8H,1,6H2;3-4H,1-2,5-6H2. The lowest BCUT2D eigenvalue weighted by Crippen LogP contribution is -1.90. The van der Waals surface area contributed by atoms with Gasteiger partial charge in [-0.3, -0.25) is 4.79 Å². The fourth-order valence-corrected chi connectivity index (χ4v) is 1.19. The van der Waals surface area contributed by atoms with E-state index in [0.29, 0.717) is 12.8 Å². The SMILES string of the molecule is C=CCC(=O)CC=C.C=CCc1ccccc1. The minimum absolute atomic E-state index is 0.176. The smallest absolute Gasteiger partial charge is 0.140 e. The number of benzene rings is 1. The second-order valence-electron chi connectivity index (χ2n) is 3.50. The maximum Gasteiger partial charge on any atom is 0.140 e. The lowest BCUT2D eigenvalue weighted by Gasteiger charge is -1.91. The Kier molecular flexibility index (Phi) is 9.44. The van der Waals surface area contributed by atoms with Crippen molar-refractivity contribution in [2.75, 3.05) is 0 Å². The lowest BCUT2D eigenvalue weighted by atomic mass is 10.2. The molecule has 17 heavy (non-hydrogen) atoms. The van der Waals surface area contributed by atoms with Gasteiger partial charge >= 0.3 is 0 Å². The predicted octanol–water partition coefficient (Wildman–Crippen LogP) is 4.12. The molecule has 0 amide bonds. The van der Waals surface area contributed by atoms with Crippen molar-refractivity contribution >= 4 is 5.78 Å². The summed E-state index contributed by atoms with van der Waals surface area (Å²) in [5, 5.41) is 0. The molecule has 1 heteroatoms. The lowest BCUT2D eigenvalue weighted by molar-refractivity contribution is -0.117. The van der Waals surface area contributed by atoms with Crippen molar-refractivity contribution in [1.82, 2.24) is 0 Å². The molecule has 0 fully saturated rings. The quantitative estimate of drug-likeness (QED) is 0.669. The zero-order chi connectivity index (χ0) is 12.9. The monoisotopic (exact) mass is 228 g/mol. The van der Waals surface area contributed by atoms with Crippen LogP contribution in [0.1, 0.15) is 18.4 Å². The van der Waals surface area contributed by atoms with Gasteiger partial charge in [0.05, 0.1) is 0 Å². The van der Waals surface area contributed by atoms with Crippen LogP contribution in [0.2, 0.25) is 0 Å². The first-order chi connectivity index (χ1) is 8.24. The molecule has 0 N–H and O–H groups in total. The summed E-state index contributed by atoms with van der Waals surface area (Å²) in [6, 6.07) is 10.3. The highest BCUT2D eigenvalue weighted by Gasteiger charge is 1.91. The largest absolute Gasteiger partial charge is 0.299 e. The van der Waals surface area contributed by atoms with Gasteiger partial charge < -0.3 is 0 Å². The van der Waals surface area contributed by atoms with E-state index in [0.717, 1.165) is 6.42 Å². The van der Waals surface area contributed by atoms with Crippen molar-refractivity contribution in [3.05, 3.63) is 73.9 Å². The minimum Gasteiger partial charge on any atom is -0.299 e. The Labute approximate surface area is 104 Å². The van der Waals surface area contributed by atoms with Gasteiger partial charge in [-0.15, -0.1) is 19.7 Å². The van der Waals surface area contributed by atoms with Crippen LogP contribution < -0.4 is 0 Å². The molecule has 0 unspecified atom stereocenters. The van der Waals surface area contributed by atoms with Crippen LogP contribution in [0, 0.1) is 0 Å². The average Bonchev–Trinajstić information content (AvgIpc) is 2.32. The molecule has 0 saturated carbocycles. The van der Waals surface area contributed by atoms with Crippen molar-refractivity contribution in [2.24, 2.45) is 0 Å². The normalized spacial score (nSPS) is 8.47. The molecule has 1 aromatic carbocycles. The average molecular weight is 228 g/mol. The van der Waals surface area contributed by atoms with E-state index >= 15 is 0 Å². The van der Waals surface area contributed by atoms with Crippen molar-refractivity contribution < 1.29 is 4.79 Å². The van der Waals surface area contributed by atoms with E-state index in [-0.39, 0.29) is 5.78 Å². The second-order valence-corrected chi connectivity index (χ2v) is 3.50. The van der Waals surface area contributed by atoms with Crippen LogP contribution in [0.15, 0.2) is 68.3 Å². The van der Waals surface area contributed by atoms with Gasteiger partial charge in [-0.1, -0.05) is 48.6 Å². The van der Waals surface area contributed by atoms with Gasteiger partial charge in [0.25, 0.3) is 0 Å². The molecule has 0 atom stereocenters. The van der Waals surface area contributed by atoms with E-state index in [9.17, 15) is 4.79 Å². The number of allylic oxidation sites excluding steroid dienone is 3. The molecule has 90 valence electrons. The highest BCUT2D eigenvalue weighted by atomic mass is 16.1. The zero-order valence-corrected chi connectivity index (χ0v) is 10.3. The van der Waals surface area contributed by atoms with Crippen LogP contribution >= 0.6 is 0 Å². The summed E-state index contributed by atoms with van der Waals surface area (Å²) in [5.74, 6) is 0.176. The maximum atomic E-state index is 10.5. The van der Waals surface area contributed by atoms with E-state index in [1.165, 1.54) is 5.56 Å². The number of carbonyl (C=O) groups is 1. The first-order valence-electron chi connectivity index (χ1n) is 5.62. The predicted molar refractivity (Wildman–Crippen MR) is 75.0 cm³/mol.